The Morgan fingerprint density at radius 3 is 2.70 bits per heavy atom. The average Bonchev–Trinajstić information content (AvgIpc) is 3.27. The zero-order valence-corrected chi connectivity index (χ0v) is 15.7. The molecule has 27 heavy (non-hydrogen) atoms. The second-order valence-corrected chi connectivity index (χ2v) is 7.53. The first-order valence-electron chi connectivity index (χ1n) is 9.48. The molecule has 0 atom stereocenters. The van der Waals surface area contributed by atoms with E-state index >= 15 is 0 Å². The molecule has 0 saturated carbocycles. The molecule has 1 saturated heterocycles. The Bertz CT molecular complexity index is 989. The molecule has 3 aromatic rings. The fourth-order valence-corrected chi connectivity index (χ4v) is 4.12. The summed E-state index contributed by atoms with van der Waals surface area (Å²) in [5.41, 5.74) is 3.40. The molecule has 0 amide bonds. The molecule has 2 aliphatic rings. The summed E-state index contributed by atoms with van der Waals surface area (Å²) in [7, 11) is 4.28. The van der Waals surface area contributed by atoms with Gasteiger partial charge >= 0.3 is 0 Å². The minimum absolute atomic E-state index is 0.284. The van der Waals surface area contributed by atoms with E-state index in [4.69, 9.17) is 14.5 Å². The number of aromatic nitrogens is 2. The zero-order valence-electron chi connectivity index (χ0n) is 15.7. The lowest BCUT2D eigenvalue weighted by Gasteiger charge is -2.28. The fraction of sp³-hybridized carbons (Fsp3) is 0.381. The van der Waals surface area contributed by atoms with Crippen LogP contribution in [0.2, 0.25) is 0 Å². The van der Waals surface area contributed by atoms with E-state index in [9.17, 15) is 0 Å². The van der Waals surface area contributed by atoms with Crippen molar-refractivity contribution in [3.63, 3.8) is 0 Å². The van der Waals surface area contributed by atoms with Gasteiger partial charge in [0.15, 0.2) is 11.5 Å². The van der Waals surface area contributed by atoms with Gasteiger partial charge in [0.1, 0.15) is 11.5 Å². The van der Waals surface area contributed by atoms with Crippen LogP contribution in [0.1, 0.15) is 24.3 Å². The lowest BCUT2D eigenvalue weighted by molar-refractivity contribution is 0.174. The Hall–Kier alpha value is -2.73. The van der Waals surface area contributed by atoms with Gasteiger partial charge in [-0.05, 0) is 68.7 Å². The summed E-state index contributed by atoms with van der Waals surface area (Å²) in [5.74, 6) is 3.01. The minimum atomic E-state index is 0.284. The van der Waals surface area contributed by atoms with Gasteiger partial charge in [0.2, 0.25) is 6.79 Å². The molecule has 1 fully saturated rings. The van der Waals surface area contributed by atoms with Crippen LogP contribution in [0, 0.1) is 0 Å². The van der Waals surface area contributed by atoms with Crippen molar-refractivity contribution < 1.29 is 9.47 Å². The summed E-state index contributed by atoms with van der Waals surface area (Å²) >= 11 is 0. The van der Waals surface area contributed by atoms with Crippen molar-refractivity contribution in [2.45, 2.75) is 18.8 Å². The number of fused-ring (bicyclic) bond motifs is 2. The highest BCUT2D eigenvalue weighted by atomic mass is 16.7. The van der Waals surface area contributed by atoms with Gasteiger partial charge in [0.25, 0.3) is 0 Å². The summed E-state index contributed by atoms with van der Waals surface area (Å²) < 4.78 is 13.0. The number of rotatable bonds is 3. The van der Waals surface area contributed by atoms with Crippen molar-refractivity contribution in [3.8, 4) is 11.5 Å². The molecule has 4 heterocycles. The predicted octanol–water partition coefficient (Wildman–Crippen LogP) is 3.85. The number of nitrogens with one attached hydrogen (secondary N) is 1. The van der Waals surface area contributed by atoms with Crippen LogP contribution in [-0.4, -0.2) is 41.4 Å². The van der Waals surface area contributed by atoms with E-state index in [1.807, 2.05) is 18.2 Å². The number of anilines is 2. The summed E-state index contributed by atoms with van der Waals surface area (Å²) in [6.07, 6.45) is 4.69. The third kappa shape index (κ3) is 3.00. The average molecular weight is 364 g/mol. The molecule has 2 aliphatic heterocycles. The molecule has 0 aliphatic carbocycles. The SMILES string of the molecule is CN1CCC(c2cn(C)c3nc(Nc4ccc5c(c4)OCO5)ccc23)CC1. The van der Waals surface area contributed by atoms with Crippen LogP contribution in [0.3, 0.4) is 0 Å². The quantitative estimate of drug-likeness (QED) is 0.765. The minimum Gasteiger partial charge on any atom is -0.454 e. The van der Waals surface area contributed by atoms with Crippen LogP contribution in [-0.2, 0) is 7.05 Å². The maximum Gasteiger partial charge on any atom is 0.231 e. The first kappa shape index (κ1) is 16.4. The Kier molecular flexibility index (Phi) is 3.93. The normalized spacial score (nSPS) is 17.6. The van der Waals surface area contributed by atoms with E-state index in [2.05, 4.69) is 47.2 Å². The highest BCUT2D eigenvalue weighted by molar-refractivity contribution is 5.83. The maximum absolute atomic E-state index is 5.45. The maximum atomic E-state index is 5.45. The van der Waals surface area contributed by atoms with Gasteiger partial charge in [-0.3, -0.25) is 0 Å². The van der Waals surface area contributed by atoms with Gasteiger partial charge in [0.05, 0.1) is 0 Å². The second kappa shape index (κ2) is 6.46. The molecule has 0 unspecified atom stereocenters. The van der Waals surface area contributed by atoms with Gasteiger partial charge in [-0.15, -0.1) is 0 Å². The molecule has 0 bridgehead atoms. The molecular formula is C21H24N4O2. The van der Waals surface area contributed by atoms with E-state index < -0.39 is 0 Å². The van der Waals surface area contributed by atoms with Crippen molar-refractivity contribution in [2.24, 2.45) is 7.05 Å². The highest BCUT2D eigenvalue weighted by Crippen LogP contribution is 2.36. The predicted molar refractivity (Wildman–Crippen MR) is 106 cm³/mol. The largest absolute Gasteiger partial charge is 0.454 e. The molecule has 140 valence electrons. The van der Waals surface area contributed by atoms with E-state index in [0.29, 0.717) is 5.92 Å². The number of nitrogens with zero attached hydrogens (tertiary/aromatic N) is 3. The molecule has 5 rings (SSSR count). The summed E-state index contributed by atoms with van der Waals surface area (Å²) in [4.78, 5) is 7.27. The number of piperidine rings is 1. The van der Waals surface area contributed by atoms with Gasteiger partial charge in [-0.25, -0.2) is 4.98 Å². The first-order valence-corrected chi connectivity index (χ1v) is 9.48. The molecule has 0 radical (unpaired) electrons. The number of ether oxygens (including phenoxy) is 2. The van der Waals surface area contributed by atoms with Crippen molar-refractivity contribution in [1.29, 1.82) is 0 Å². The monoisotopic (exact) mass is 364 g/mol. The summed E-state index contributed by atoms with van der Waals surface area (Å²) in [5, 5.41) is 4.65. The third-order valence-electron chi connectivity index (χ3n) is 5.66. The fourth-order valence-electron chi connectivity index (χ4n) is 4.12. The first-order chi connectivity index (χ1) is 13.2. The Morgan fingerprint density at radius 2 is 1.85 bits per heavy atom. The number of likely N-dealkylation sites (tertiary alicyclic amines) is 1. The Balaban J connectivity index is 1.43. The topological polar surface area (TPSA) is 51.6 Å². The van der Waals surface area contributed by atoms with Crippen molar-refractivity contribution in [1.82, 2.24) is 14.5 Å². The zero-order chi connectivity index (χ0) is 18.4. The number of aryl methyl sites for hydroxylation is 1. The molecule has 0 spiro atoms. The van der Waals surface area contributed by atoms with Crippen LogP contribution in [0.4, 0.5) is 11.5 Å². The molecule has 1 aromatic carbocycles. The van der Waals surface area contributed by atoms with Crippen molar-refractivity contribution >= 4 is 22.5 Å². The number of pyridine rings is 1. The number of benzene rings is 1. The van der Waals surface area contributed by atoms with Crippen LogP contribution >= 0.6 is 0 Å². The lowest BCUT2D eigenvalue weighted by Crippen LogP contribution is -2.29. The summed E-state index contributed by atoms with van der Waals surface area (Å²) in [6, 6.07) is 10.1. The van der Waals surface area contributed by atoms with Crippen molar-refractivity contribution in [3.05, 3.63) is 42.1 Å². The van der Waals surface area contributed by atoms with Gasteiger partial charge in [0, 0.05) is 30.4 Å². The van der Waals surface area contributed by atoms with Crippen LogP contribution in [0.25, 0.3) is 11.0 Å². The van der Waals surface area contributed by atoms with Crippen LogP contribution in [0.5, 0.6) is 11.5 Å². The standard InChI is InChI=1S/C21H24N4O2/c1-24-9-7-14(8-10-24)17-12-25(2)21-16(17)4-6-20(23-21)22-15-3-5-18-19(11-15)27-13-26-18/h3-6,11-12,14H,7-10,13H2,1-2H3,(H,22,23). The van der Waals surface area contributed by atoms with Crippen LogP contribution in [0.15, 0.2) is 36.5 Å². The third-order valence-corrected chi connectivity index (χ3v) is 5.66. The Labute approximate surface area is 158 Å². The lowest BCUT2D eigenvalue weighted by atomic mass is 9.90. The number of hydrogen-bond acceptors (Lipinski definition) is 5. The van der Waals surface area contributed by atoms with E-state index in [1.165, 1.54) is 23.8 Å². The molecular weight excluding hydrogens is 340 g/mol. The molecule has 6 heteroatoms. The number of hydrogen-bond donors (Lipinski definition) is 1. The smallest absolute Gasteiger partial charge is 0.231 e. The van der Waals surface area contributed by atoms with Crippen molar-refractivity contribution in [2.75, 3.05) is 32.2 Å². The second-order valence-electron chi connectivity index (χ2n) is 7.53. The van der Waals surface area contributed by atoms with Crippen LogP contribution < -0.4 is 14.8 Å². The van der Waals surface area contributed by atoms with Gasteiger partial charge in [-0.2, -0.15) is 0 Å². The molecule has 6 nitrogen and oxygen atoms in total. The van der Waals surface area contributed by atoms with Gasteiger partial charge < -0.3 is 24.3 Å². The Morgan fingerprint density at radius 1 is 1.04 bits per heavy atom. The van der Waals surface area contributed by atoms with E-state index in [1.54, 1.807) is 0 Å². The highest BCUT2D eigenvalue weighted by Gasteiger charge is 2.22. The molecule has 2 aromatic heterocycles. The summed E-state index contributed by atoms with van der Waals surface area (Å²) in [6.45, 7) is 2.61. The van der Waals surface area contributed by atoms with Gasteiger partial charge in [-0.1, -0.05) is 0 Å². The molecule has 1 N–H and O–H groups in total. The van der Waals surface area contributed by atoms with E-state index in [-0.39, 0.29) is 6.79 Å². The van der Waals surface area contributed by atoms with E-state index in [0.717, 1.165) is 41.7 Å².